The highest BCUT2D eigenvalue weighted by atomic mass is 16.5. The van der Waals surface area contributed by atoms with E-state index in [0.717, 1.165) is 11.3 Å². The molecule has 0 amide bonds. The number of phenols is 1. The van der Waals surface area contributed by atoms with E-state index in [4.69, 9.17) is 4.74 Å². The molecule has 0 aliphatic heterocycles. The number of hydrogen-bond donors (Lipinski definition) is 2. The largest absolute Gasteiger partial charge is 0.508 e. The van der Waals surface area contributed by atoms with E-state index in [9.17, 15) is 9.90 Å². The zero-order chi connectivity index (χ0) is 15.9. The number of carbonyl (C=O) groups is 1. The summed E-state index contributed by atoms with van der Waals surface area (Å²) in [4.78, 5) is 15.8. The van der Waals surface area contributed by atoms with Crippen molar-refractivity contribution in [3.63, 3.8) is 0 Å². The molecule has 0 bridgehead atoms. The topological polar surface area (TPSA) is 76.4 Å². The van der Waals surface area contributed by atoms with E-state index in [1.54, 1.807) is 25.3 Å². The number of aromatic hydroxyl groups is 1. The van der Waals surface area contributed by atoms with Gasteiger partial charge in [-0.15, -0.1) is 0 Å². The first-order valence-corrected chi connectivity index (χ1v) is 7.30. The summed E-state index contributed by atoms with van der Waals surface area (Å²) < 4.78 is 6.25. The summed E-state index contributed by atoms with van der Waals surface area (Å²) in [7, 11) is 0. The van der Waals surface area contributed by atoms with Crippen LogP contribution in [0.25, 0.3) is 0 Å². The number of carbonyl (C=O) groups excluding carboxylic acids is 1. The molecular formula is C16H21N3O3. The molecule has 1 atom stereocenters. The summed E-state index contributed by atoms with van der Waals surface area (Å²) in [5.74, 6) is 0.286. The summed E-state index contributed by atoms with van der Waals surface area (Å²) >= 11 is 0. The Balaban J connectivity index is 1.86. The second kappa shape index (κ2) is 7.61. The fourth-order valence-electron chi connectivity index (χ4n) is 2.10. The average molecular weight is 303 g/mol. The molecule has 2 N–H and O–H groups in total. The van der Waals surface area contributed by atoms with E-state index in [1.165, 1.54) is 10.9 Å². The van der Waals surface area contributed by atoms with E-state index >= 15 is 0 Å². The van der Waals surface area contributed by atoms with Crippen LogP contribution in [0.5, 0.6) is 5.75 Å². The van der Waals surface area contributed by atoms with Gasteiger partial charge in [0.05, 0.1) is 12.3 Å². The molecule has 6 heteroatoms. The van der Waals surface area contributed by atoms with Gasteiger partial charge in [0, 0.05) is 30.8 Å². The molecule has 0 radical (unpaired) electrons. The number of ether oxygens (including phenoxy) is 1. The lowest BCUT2D eigenvalue weighted by Crippen LogP contribution is -2.27. The normalized spacial score (nSPS) is 12.1. The van der Waals surface area contributed by atoms with Gasteiger partial charge < -0.3 is 15.2 Å². The van der Waals surface area contributed by atoms with E-state index in [0.29, 0.717) is 19.6 Å². The van der Waals surface area contributed by atoms with Gasteiger partial charge in [-0.3, -0.25) is 0 Å². The molecule has 0 aliphatic rings. The van der Waals surface area contributed by atoms with Crippen molar-refractivity contribution >= 4 is 6.09 Å². The molecule has 22 heavy (non-hydrogen) atoms. The van der Waals surface area contributed by atoms with Crippen LogP contribution < -0.4 is 5.32 Å². The van der Waals surface area contributed by atoms with Crippen molar-refractivity contribution in [2.24, 2.45) is 0 Å². The van der Waals surface area contributed by atoms with Crippen LogP contribution in [-0.2, 0) is 17.7 Å². The lowest BCUT2D eigenvalue weighted by Gasteiger charge is -2.13. The molecule has 1 aromatic carbocycles. The Hall–Kier alpha value is -2.34. The third kappa shape index (κ3) is 4.33. The van der Waals surface area contributed by atoms with Crippen LogP contribution in [0.4, 0.5) is 4.79 Å². The molecule has 0 aliphatic carbocycles. The SMILES string of the molecule is CCOC(=O)n1cnc(C[C@@H](C)NCc2ccccc2O)c1. The summed E-state index contributed by atoms with van der Waals surface area (Å²) in [6, 6.07) is 7.39. The molecule has 0 fully saturated rings. The quantitative estimate of drug-likeness (QED) is 0.856. The second-order valence-corrected chi connectivity index (χ2v) is 5.09. The number of phenolic OH excluding ortho intramolecular Hbond substituents is 1. The predicted octanol–water partition coefficient (Wildman–Crippen LogP) is 2.31. The molecule has 2 rings (SSSR count). The van der Waals surface area contributed by atoms with Crippen LogP contribution in [0.1, 0.15) is 25.1 Å². The monoisotopic (exact) mass is 303 g/mol. The standard InChI is InChI=1S/C16H21N3O3/c1-3-22-16(21)19-10-14(18-11-19)8-12(2)17-9-13-6-4-5-7-15(13)20/h4-7,10-12,17,20H,3,8-9H2,1-2H3/t12-/m1/s1. The van der Waals surface area contributed by atoms with Crippen molar-refractivity contribution in [2.45, 2.75) is 32.9 Å². The van der Waals surface area contributed by atoms with Crippen molar-refractivity contribution in [2.75, 3.05) is 6.61 Å². The minimum atomic E-state index is -0.420. The number of benzene rings is 1. The Morgan fingerprint density at radius 1 is 1.45 bits per heavy atom. The lowest BCUT2D eigenvalue weighted by atomic mass is 10.1. The maximum absolute atomic E-state index is 11.5. The van der Waals surface area contributed by atoms with Crippen LogP contribution in [0, 0.1) is 0 Å². The Morgan fingerprint density at radius 3 is 2.95 bits per heavy atom. The molecule has 118 valence electrons. The number of hydrogen-bond acceptors (Lipinski definition) is 5. The van der Waals surface area contributed by atoms with Crippen molar-refractivity contribution < 1.29 is 14.6 Å². The van der Waals surface area contributed by atoms with Gasteiger partial charge in [0.25, 0.3) is 0 Å². The molecule has 1 aromatic heterocycles. The van der Waals surface area contributed by atoms with Gasteiger partial charge in [0.1, 0.15) is 12.1 Å². The Bertz CT molecular complexity index is 625. The molecule has 0 saturated heterocycles. The molecule has 1 heterocycles. The summed E-state index contributed by atoms with van der Waals surface area (Å²) in [6.07, 6.45) is 3.40. The second-order valence-electron chi connectivity index (χ2n) is 5.09. The summed E-state index contributed by atoms with van der Waals surface area (Å²) in [5, 5.41) is 13.0. The number of rotatable bonds is 6. The maximum Gasteiger partial charge on any atom is 0.419 e. The van der Waals surface area contributed by atoms with E-state index in [-0.39, 0.29) is 11.8 Å². The Labute approximate surface area is 129 Å². The van der Waals surface area contributed by atoms with Crippen LogP contribution in [0.15, 0.2) is 36.8 Å². The highest BCUT2D eigenvalue weighted by Crippen LogP contribution is 2.15. The first kappa shape index (κ1) is 16.0. The van der Waals surface area contributed by atoms with Gasteiger partial charge >= 0.3 is 6.09 Å². The highest BCUT2D eigenvalue weighted by molar-refractivity contribution is 5.70. The molecule has 0 saturated carbocycles. The van der Waals surface area contributed by atoms with Crippen LogP contribution in [0.2, 0.25) is 0 Å². The lowest BCUT2D eigenvalue weighted by molar-refractivity contribution is 0.154. The van der Waals surface area contributed by atoms with E-state index in [2.05, 4.69) is 10.3 Å². The number of aromatic nitrogens is 2. The smallest absolute Gasteiger partial charge is 0.419 e. The number of para-hydroxylation sites is 1. The van der Waals surface area contributed by atoms with E-state index < -0.39 is 6.09 Å². The third-order valence-corrected chi connectivity index (χ3v) is 3.26. The Kier molecular flexibility index (Phi) is 5.55. The molecule has 2 aromatic rings. The molecule has 6 nitrogen and oxygen atoms in total. The minimum Gasteiger partial charge on any atom is -0.508 e. The zero-order valence-corrected chi connectivity index (χ0v) is 12.8. The Morgan fingerprint density at radius 2 is 2.23 bits per heavy atom. The van der Waals surface area contributed by atoms with Crippen LogP contribution in [0.3, 0.4) is 0 Å². The van der Waals surface area contributed by atoms with Gasteiger partial charge in [0.2, 0.25) is 0 Å². The zero-order valence-electron chi connectivity index (χ0n) is 12.8. The van der Waals surface area contributed by atoms with Gasteiger partial charge in [-0.25, -0.2) is 14.3 Å². The van der Waals surface area contributed by atoms with Crippen molar-refractivity contribution in [1.82, 2.24) is 14.9 Å². The van der Waals surface area contributed by atoms with Gasteiger partial charge in [-0.05, 0) is 19.9 Å². The maximum atomic E-state index is 11.5. The number of imidazole rings is 1. The predicted molar refractivity (Wildman–Crippen MR) is 82.8 cm³/mol. The van der Waals surface area contributed by atoms with Gasteiger partial charge in [-0.2, -0.15) is 0 Å². The van der Waals surface area contributed by atoms with Crippen LogP contribution in [-0.4, -0.2) is 33.4 Å². The summed E-state index contributed by atoms with van der Waals surface area (Å²) in [5.41, 5.74) is 1.66. The van der Waals surface area contributed by atoms with Crippen LogP contribution >= 0.6 is 0 Å². The van der Waals surface area contributed by atoms with E-state index in [1.807, 2.05) is 19.1 Å². The first-order valence-electron chi connectivity index (χ1n) is 7.30. The first-order chi connectivity index (χ1) is 10.6. The van der Waals surface area contributed by atoms with Crippen molar-refractivity contribution in [3.05, 3.63) is 48.0 Å². The number of nitrogens with zero attached hydrogens (tertiary/aromatic N) is 2. The fraction of sp³-hybridized carbons (Fsp3) is 0.375. The molecule has 0 unspecified atom stereocenters. The summed E-state index contributed by atoms with van der Waals surface area (Å²) in [6.45, 7) is 4.71. The third-order valence-electron chi connectivity index (χ3n) is 3.26. The van der Waals surface area contributed by atoms with Crippen molar-refractivity contribution in [3.8, 4) is 5.75 Å². The van der Waals surface area contributed by atoms with Crippen molar-refractivity contribution in [1.29, 1.82) is 0 Å². The minimum absolute atomic E-state index is 0.158. The highest BCUT2D eigenvalue weighted by Gasteiger charge is 2.10. The number of nitrogens with one attached hydrogen (secondary N) is 1. The molecule has 0 spiro atoms. The average Bonchev–Trinajstić information content (AvgIpc) is 2.95. The fourth-order valence-corrected chi connectivity index (χ4v) is 2.10. The molecular weight excluding hydrogens is 282 g/mol. The van der Waals surface area contributed by atoms with Gasteiger partial charge in [0.15, 0.2) is 0 Å². The van der Waals surface area contributed by atoms with Gasteiger partial charge in [-0.1, -0.05) is 18.2 Å².